The van der Waals surface area contributed by atoms with Crippen LogP contribution in [0.3, 0.4) is 0 Å². The van der Waals surface area contributed by atoms with Crippen molar-refractivity contribution in [3.63, 3.8) is 0 Å². The molecule has 1 atom stereocenters. The third-order valence-corrected chi connectivity index (χ3v) is 4.52. The predicted octanol–water partition coefficient (Wildman–Crippen LogP) is 2.20. The molecular formula is C17H21N3O3S. The van der Waals surface area contributed by atoms with Crippen molar-refractivity contribution in [2.75, 3.05) is 0 Å². The van der Waals surface area contributed by atoms with Gasteiger partial charge in [-0.05, 0) is 37.1 Å². The lowest BCUT2D eigenvalue weighted by Crippen LogP contribution is -2.36. The molecule has 0 bridgehead atoms. The van der Waals surface area contributed by atoms with Crippen LogP contribution in [0.25, 0.3) is 0 Å². The van der Waals surface area contributed by atoms with Gasteiger partial charge in [0.15, 0.2) is 0 Å². The van der Waals surface area contributed by atoms with Crippen LogP contribution in [0.1, 0.15) is 29.7 Å². The first-order valence-electron chi connectivity index (χ1n) is 7.48. The molecule has 0 aliphatic heterocycles. The molecule has 0 aromatic heterocycles. The molecule has 7 heteroatoms. The average Bonchev–Trinajstić information content (AvgIpc) is 2.53. The molecule has 1 unspecified atom stereocenters. The summed E-state index contributed by atoms with van der Waals surface area (Å²) in [5.41, 5.74) is 2.82. The van der Waals surface area contributed by atoms with Gasteiger partial charge in [-0.2, -0.15) is 0 Å². The number of aryl methyl sites for hydroxylation is 1. The maximum Gasteiger partial charge on any atom is 0.315 e. The summed E-state index contributed by atoms with van der Waals surface area (Å²) in [6, 6.07) is 13.4. The van der Waals surface area contributed by atoms with Crippen molar-refractivity contribution in [3.8, 4) is 0 Å². The SMILES string of the molecule is Cc1ccc(CNC(=O)NC(C)c2cccc(S(N)(=O)=O)c2)cc1. The molecular weight excluding hydrogens is 326 g/mol. The first kappa shape index (κ1) is 18.0. The van der Waals surface area contributed by atoms with E-state index in [0.29, 0.717) is 12.1 Å². The molecule has 0 heterocycles. The van der Waals surface area contributed by atoms with Crippen LogP contribution in [0.5, 0.6) is 0 Å². The van der Waals surface area contributed by atoms with Gasteiger partial charge in [-0.1, -0.05) is 42.0 Å². The van der Waals surface area contributed by atoms with E-state index < -0.39 is 10.0 Å². The summed E-state index contributed by atoms with van der Waals surface area (Å²) in [6.07, 6.45) is 0. The quantitative estimate of drug-likeness (QED) is 0.773. The van der Waals surface area contributed by atoms with E-state index in [-0.39, 0.29) is 17.0 Å². The number of carbonyl (C=O) groups is 1. The van der Waals surface area contributed by atoms with E-state index in [1.165, 1.54) is 12.1 Å². The van der Waals surface area contributed by atoms with Gasteiger partial charge in [0.2, 0.25) is 10.0 Å². The number of nitrogens with one attached hydrogen (secondary N) is 2. The molecule has 0 aliphatic rings. The van der Waals surface area contributed by atoms with Gasteiger partial charge >= 0.3 is 6.03 Å². The fourth-order valence-corrected chi connectivity index (χ4v) is 2.75. The fourth-order valence-electron chi connectivity index (χ4n) is 2.18. The molecule has 24 heavy (non-hydrogen) atoms. The molecule has 128 valence electrons. The average molecular weight is 347 g/mol. The zero-order chi connectivity index (χ0) is 17.7. The Morgan fingerprint density at radius 1 is 1.17 bits per heavy atom. The highest BCUT2D eigenvalue weighted by atomic mass is 32.2. The molecule has 0 aliphatic carbocycles. The Morgan fingerprint density at radius 2 is 1.83 bits per heavy atom. The normalized spacial score (nSPS) is 12.5. The Hall–Kier alpha value is -2.38. The number of sulfonamides is 1. The Kier molecular flexibility index (Phi) is 5.58. The Balaban J connectivity index is 1.95. The number of hydrogen-bond donors (Lipinski definition) is 3. The molecule has 0 spiro atoms. The van der Waals surface area contributed by atoms with E-state index in [4.69, 9.17) is 5.14 Å². The van der Waals surface area contributed by atoms with Gasteiger partial charge < -0.3 is 10.6 Å². The van der Waals surface area contributed by atoms with Gasteiger partial charge in [0.25, 0.3) is 0 Å². The second-order valence-electron chi connectivity index (χ2n) is 5.65. The highest BCUT2D eigenvalue weighted by Crippen LogP contribution is 2.16. The Labute approximate surface area is 142 Å². The van der Waals surface area contributed by atoms with Crippen molar-refractivity contribution in [1.82, 2.24) is 10.6 Å². The predicted molar refractivity (Wildman–Crippen MR) is 92.8 cm³/mol. The molecule has 0 saturated heterocycles. The van der Waals surface area contributed by atoms with E-state index in [1.54, 1.807) is 19.1 Å². The molecule has 4 N–H and O–H groups in total. The number of urea groups is 1. The van der Waals surface area contributed by atoms with Crippen LogP contribution in [-0.4, -0.2) is 14.4 Å². The molecule has 6 nitrogen and oxygen atoms in total. The molecule has 0 saturated carbocycles. The third-order valence-electron chi connectivity index (χ3n) is 3.61. The van der Waals surface area contributed by atoms with Crippen LogP contribution in [0.15, 0.2) is 53.4 Å². The number of hydrogen-bond acceptors (Lipinski definition) is 3. The van der Waals surface area contributed by atoms with Crippen molar-refractivity contribution >= 4 is 16.1 Å². The topological polar surface area (TPSA) is 101 Å². The van der Waals surface area contributed by atoms with Crippen molar-refractivity contribution in [2.24, 2.45) is 5.14 Å². The largest absolute Gasteiger partial charge is 0.334 e. The minimum Gasteiger partial charge on any atom is -0.334 e. The summed E-state index contributed by atoms with van der Waals surface area (Å²) in [7, 11) is -3.77. The lowest BCUT2D eigenvalue weighted by Gasteiger charge is -2.16. The van der Waals surface area contributed by atoms with Gasteiger partial charge in [-0.3, -0.25) is 0 Å². The van der Waals surface area contributed by atoms with Gasteiger partial charge in [0, 0.05) is 6.54 Å². The van der Waals surface area contributed by atoms with E-state index in [1.807, 2.05) is 31.2 Å². The Morgan fingerprint density at radius 3 is 2.46 bits per heavy atom. The molecule has 0 fully saturated rings. The molecule has 2 amide bonds. The van der Waals surface area contributed by atoms with Crippen LogP contribution in [0.4, 0.5) is 4.79 Å². The van der Waals surface area contributed by atoms with E-state index in [2.05, 4.69) is 10.6 Å². The first-order chi connectivity index (χ1) is 11.3. The van der Waals surface area contributed by atoms with Gasteiger partial charge in [-0.25, -0.2) is 18.4 Å². The molecule has 2 aromatic carbocycles. The second kappa shape index (κ2) is 7.46. The summed E-state index contributed by atoms with van der Waals surface area (Å²) in [6.45, 7) is 4.19. The summed E-state index contributed by atoms with van der Waals surface area (Å²) < 4.78 is 22.8. The second-order valence-corrected chi connectivity index (χ2v) is 7.21. The number of amides is 2. The monoisotopic (exact) mass is 347 g/mol. The summed E-state index contributed by atoms with van der Waals surface area (Å²) in [5.74, 6) is 0. The summed E-state index contributed by atoms with van der Waals surface area (Å²) >= 11 is 0. The number of benzene rings is 2. The Bertz CT molecular complexity index is 817. The molecule has 2 rings (SSSR count). The number of nitrogens with two attached hydrogens (primary N) is 1. The zero-order valence-corrected chi connectivity index (χ0v) is 14.4. The molecule has 0 radical (unpaired) electrons. The highest BCUT2D eigenvalue weighted by molar-refractivity contribution is 7.89. The number of rotatable bonds is 5. The standard InChI is InChI=1S/C17H21N3O3S/c1-12-6-8-14(9-7-12)11-19-17(21)20-13(2)15-4-3-5-16(10-15)24(18,22)23/h3-10,13H,11H2,1-2H3,(H2,18,22,23)(H2,19,20,21). The van der Waals surface area contributed by atoms with E-state index in [0.717, 1.165) is 11.1 Å². The van der Waals surface area contributed by atoms with E-state index in [9.17, 15) is 13.2 Å². The lowest BCUT2D eigenvalue weighted by molar-refractivity contribution is 0.237. The van der Waals surface area contributed by atoms with Crippen LogP contribution in [0, 0.1) is 6.92 Å². The highest BCUT2D eigenvalue weighted by Gasteiger charge is 2.13. The van der Waals surface area contributed by atoms with Gasteiger partial charge in [0.05, 0.1) is 10.9 Å². The van der Waals surface area contributed by atoms with E-state index >= 15 is 0 Å². The van der Waals surface area contributed by atoms with Crippen molar-refractivity contribution in [3.05, 3.63) is 65.2 Å². The fraction of sp³-hybridized carbons (Fsp3) is 0.235. The van der Waals surface area contributed by atoms with Crippen molar-refractivity contribution in [1.29, 1.82) is 0 Å². The number of carbonyl (C=O) groups excluding carboxylic acids is 1. The van der Waals surface area contributed by atoms with Crippen molar-refractivity contribution in [2.45, 2.75) is 31.3 Å². The van der Waals surface area contributed by atoms with Crippen molar-refractivity contribution < 1.29 is 13.2 Å². The summed E-state index contributed by atoms with van der Waals surface area (Å²) in [4.78, 5) is 12.0. The van der Waals surface area contributed by atoms with Crippen LogP contribution < -0.4 is 15.8 Å². The maximum absolute atomic E-state index is 12.0. The maximum atomic E-state index is 12.0. The first-order valence-corrected chi connectivity index (χ1v) is 9.03. The zero-order valence-electron chi connectivity index (χ0n) is 13.6. The third kappa shape index (κ3) is 5.07. The summed E-state index contributed by atoms with van der Waals surface area (Å²) in [5, 5.41) is 10.7. The molecule has 2 aromatic rings. The van der Waals surface area contributed by atoms with Crippen LogP contribution in [-0.2, 0) is 16.6 Å². The van der Waals surface area contributed by atoms with Gasteiger partial charge in [0.1, 0.15) is 0 Å². The minimum atomic E-state index is -3.77. The minimum absolute atomic E-state index is 0.0220. The lowest BCUT2D eigenvalue weighted by atomic mass is 10.1. The van der Waals surface area contributed by atoms with Gasteiger partial charge in [-0.15, -0.1) is 0 Å². The van der Waals surface area contributed by atoms with Crippen LogP contribution >= 0.6 is 0 Å². The van der Waals surface area contributed by atoms with Crippen LogP contribution in [0.2, 0.25) is 0 Å². The number of primary sulfonamides is 1. The smallest absolute Gasteiger partial charge is 0.315 e.